The van der Waals surface area contributed by atoms with Crippen LogP contribution in [-0.2, 0) is 22.2 Å². The molecule has 1 heterocycles. The normalized spacial score (nSPS) is 25.8. The van der Waals surface area contributed by atoms with Gasteiger partial charge in [-0.05, 0) is 24.1 Å². The van der Waals surface area contributed by atoms with Crippen molar-refractivity contribution in [3.8, 4) is 0 Å². The van der Waals surface area contributed by atoms with E-state index in [4.69, 9.17) is 5.14 Å². The van der Waals surface area contributed by atoms with Gasteiger partial charge in [0.25, 0.3) is 0 Å². The third kappa shape index (κ3) is 2.31. The average molecular weight is 346 g/mol. The lowest BCUT2D eigenvalue weighted by molar-refractivity contribution is 0.0580. The minimum atomic E-state index is -3.71. The van der Waals surface area contributed by atoms with Crippen molar-refractivity contribution in [2.45, 2.75) is 22.3 Å². The molecule has 0 bridgehead atoms. The molecule has 2 aromatic carbocycles. The number of aliphatic hydroxyl groups is 1. The number of hydrogen-bond acceptors (Lipinski definition) is 5. The number of thioether (sulfide) groups is 1. The molecule has 23 heavy (non-hydrogen) atoms. The molecule has 0 saturated heterocycles. The number of benzene rings is 2. The summed E-state index contributed by atoms with van der Waals surface area (Å²) < 4.78 is 22.6. The summed E-state index contributed by atoms with van der Waals surface area (Å²) in [6.07, 6.45) is 0.763. The maximum atomic E-state index is 11.3. The van der Waals surface area contributed by atoms with Gasteiger partial charge in [0.15, 0.2) is 5.72 Å². The lowest BCUT2D eigenvalue weighted by atomic mass is 10.1. The van der Waals surface area contributed by atoms with Crippen LogP contribution >= 0.6 is 11.8 Å². The summed E-state index contributed by atoms with van der Waals surface area (Å²) in [7, 11) is -3.71. The Bertz CT molecular complexity index is 923. The second-order valence-electron chi connectivity index (χ2n) is 5.68. The second kappa shape index (κ2) is 4.91. The van der Waals surface area contributed by atoms with Crippen LogP contribution in [0.2, 0.25) is 0 Å². The first-order valence-electron chi connectivity index (χ1n) is 7.08. The minimum absolute atomic E-state index is 0.0483. The first-order chi connectivity index (χ1) is 10.9. The Morgan fingerprint density at radius 3 is 2.57 bits per heavy atom. The van der Waals surface area contributed by atoms with E-state index < -0.39 is 15.7 Å². The molecule has 2 aliphatic rings. The Morgan fingerprint density at radius 1 is 1.17 bits per heavy atom. The first-order valence-corrected chi connectivity index (χ1v) is 9.51. The van der Waals surface area contributed by atoms with Crippen molar-refractivity contribution < 1.29 is 13.5 Å². The van der Waals surface area contributed by atoms with Gasteiger partial charge in [0, 0.05) is 11.1 Å². The molecule has 3 N–H and O–H groups in total. The van der Waals surface area contributed by atoms with E-state index in [-0.39, 0.29) is 10.1 Å². The van der Waals surface area contributed by atoms with Crippen molar-refractivity contribution in [3.63, 3.8) is 0 Å². The van der Waals surface area contributed by atoms with Gasteiger partial charge in [0.2, 0.25) is 10.0 Å². The summed E-state index contributed by atoms with van der Waals surface area (Å²) in [5, 5.41) is 16.7. The van der Waals surface area contributed by atoms with Gasteiger partial charge < -0.3 is 5.11 Å². The molecule has 1 aliphatic heterocycles. The third-order valence-electron chi connectivity index (χ3n) is 4.22. The predicted molar refractivity (Wildman–Crippen MR) is 89.8 cm³/mol. The quantitative estimate of drug-likeness (QED) is 0.864. The van der Waals surface area contributed by atoms with Crippen LogP contribution < -0.4 is 5.14 Å². The molecule has 118 valence electrons. The van der Waals surface area contributed by atoms with E-state index >= 15 is 0 Å². The highest BCUT2D eigenvalue weighted by molar-refractivity contribution is 8.15. The topological polar surface area (TPSA) is 92.8 Å². The maximum absolute atomic E-state index is 11.3. The smallest absolute Gasteiger partial charge is 0.238 e. The van der Waals surface area contributed by atoms with Crippen LogP contribution in [0, 0.1) is 0 Å². The zero-order valence-corrected chi connectivity index (χ0v) is 13.6. The van der Waals surface area contributed by atoms with Crippen LogP contribution in [0.3, 0.4) is 0 Å². The Kier molecular flexibility index (Phi) is 3.18. The molecule has 4 rings (SSSR count). The third-order valence-corrected chi connectivity index (χ3v) is 6.48. The highest BCUT2D eigenvalue weighted by Crippen LogP contribution is 2.50. The van der Waals surface area contributed by atoms with Crippen molar-refractivity contribution in [2.24, 2.45) is 10.1 Å². The zero-order valence-electron chi connectivity index (χ0n) is 12.0. The average Bonchev–Trinajstić information content (AvgIpc) is 2.97. The predicted octanol–water partition coefficient (Wildman–Crippen LogP) is 1.60. The van der Waals surface area contributed by atoms with Crippen molar-refractivity contribution >= 4 is 26.8 Å². The molecule has 0 fully saturated rings. The highest BCUT2D eigenvalue weighted by Gasteiger charge is 2.50. The number of nitrogens with zero attached hydrogens (tertiary/aromatic N) is 1. The fraction of sp³-hybridized carbons (Fsp3) is 0.188. The number of sulfonamides is 1. The summed E-state index contributed by atoms with van der Waals surface area (Å²) in [5.41, 5.74) is 1.56. The molecule has 2 unspecified atom stereocenters. The standard InChI is InChI=1S/C16H14N2O3S2/c17-23(20,21)12-7-5-10(6-8-12)15-18-16(19)13-4-2-1-3-11(13)9-14(16)22-15/h1-8,14,19H,9H2,(H2,17,20,21). The van der Waals surface area contributed by atoms with Crippen LogP contribution in [-0.4, -0.2) is 23.8 Å². The van der Waals surface area contributed by atoms with Gasteiger partial charge >= 0.3 is 0 Å². The Morgan fingerprint density at radius 2 is 1.87 bits per heavy atom. The minimum Gasteiger partial charge on any atom is -0.365 e. The second-order valence-corrected chi connectivity index (χ2v) is 8.43. The van der Waals surface area contributed by atoms with E-state index in [1.165, 1.54) is 23.9 Å². The number of nitrogens with two attached hydrogens (primary N) is 1. The molecule has 2 aromatic rings. The molecule has 0 aromatic heterocycles. The van der Waals surface area contributed by atoms with Crippen LogP contribution in [0.15, 0.2) is 58.4 Å². The molecule has 1 aliphatic carbocycles. The SMILES string of the molecule is NS(=O)(=O)c1ccc(C2=NC3(O)c4ccccc4CC3S2)cc1. The summed E-state index contributed by atoms with van der Waals surface area (Å²) in [5.74, 6) is 0. The molecule has 0 saturated carbocycles. The van der Waals surface area contributed by atoms with Gasteiger partial charge in [-0.2, -0.15) is 0 Å². The molecule has 2 atom stereocenters. The lowest BCUT2D eigenvalue weighted by Gasteiger charge is -2.19. The Labute approximate surface area is 138 Å². The number of rotatable bonds is 2. The molecule has 5 nitrogen and oxygen atoms in total. The van der Waals surface area contributed by atoms with Crippen molar-refractivity contribution in [2.75, 3.05) is 0 Å². The number of fused-ring (bicyclic) bond motifs is 3. The van der Waals surface area contributed by atoms with E-state index in [1.54, 1.807) is 12.1 Å². The monoisotopic (exact) mass is 346 g/mol. The van der Waals surface area contributed by atoms with E-state index in [0.29, 0.717) is 5.04 Å². The molecule has 0 amide bonds. The largest absolute Gasteiger partial charge is 0.365 e. The molecule has 7 heteroatoms. The van der Waals surface area contributed by atoms with Crippen molar-refractivity contribution in [1.82, 2.24) is 0 Å². The van der Waals surface area contributed by atoms with Gasteiger partial charge in [0.1, 0.15) is 5.04 Å². The fourth-order valence-corrected chi connectivity index (χ4v) is 4.92. The Balaban J connectivity index is 1.72. The number of hydrogen-bond donors (Lipinski definition) is 2. The van der Waals surface area contributed by atoms with Crippen LogP contribution in [0.4, 0.5) is 0 Å². The summed E-state index contributed by atoms with van der Waals surface area (Å²) in [6.45, 7) is 0. The van der Waals surface area contributed by atoms with Gasteiger partial charge in [-0.3, -0.25) is 0 Å². The lowest BCUT2D eigenvalue weighted by Crippen LogP contribution is -2.27. The van der Waals surface area contributed by atoms with E-state index in [0.717, 1.165) is 23.1 Å². The summed E-state index contributed by atoms with van der Waals surface area (Å²) in [4.78, 5) is 4.60. The first kappa shape index (κ1) is 14.9. The van der Waals surface area contributed by atoms with E-state index in [9.17, 15) is 13.5 Å². The van der Waals surface area contributed by atoms with E-state index in [2.05, 4.69) is 4.99 Å². The van der Waals surface area contributed by atoms with Crippen molar-refractivity contribution in [1.29, 1.82) is 0 Å². The van der Waals surface area contributed by atoms with E-state index in [1.807, 2.05) is 24.3 Å². The van der Waals surface area contributed by atoms with Gasteiger partial charge in [-0.15, -0.1) is 0 Å². The highest BCUT2D eigenvalue weighted by atomic mass is 32.2. The van der Waals surface area contributed by atoms with Gasteiger partial charge in [0.05, 0.1) is 10.1 Å². The number of primary sulfonamides is 1. The molecule has 0 radical (unpaired) electrons. The zero-order chi connectivity index (χ0) is 16.2. The van der Waals surface area contributed by atoms with Crippen LogP contribution in [0.5, 0.6) is 0 Å². The molecular weight excluding hydrogens is 332 g/mol. The molecule has 0 spiro atoms. The summed E-state index contributed by atoms with van der Waals surface area (Å²) >= 11 is 1.52. The fourth-order valence-electron chi connectivity index (χ4n) is 3.06. The van der Waals surface area contributed by atoms with Crippen molar-refractivity contribution in [3.05, 3.63) is 65.2 Å². The molecular formula is C16H14N2O3S2. The summed E-state index contributed by atoms with van der Waals surface area (Å²) in [6, 6.07) is 14.0. The maximum Gasteiger partial charge on any atom is 0.238 e. The van der Waals surface area contributed by atoms with Gasteiger partial charge in [-0.1, -0.05) is 48.2 Å². The number of aliphatic imine (C=N–C) groups is 1. The van der Waals surface area contributed by atoms with Crippen LogP contribution in [0.25, 0.3) is 0 Å². The Hall–Kier alpha value is -1.67. The van der Waals surface area contributed by atoms with Crippen LogP contribution in [0.1, 0.15) is 16.7 Å². The van der Waals surface area contributed by atoms with Gasteiger partial charge in [-0.25, -0.2) is 18.5 Å².